The van der Waals surface area contributed by atoms with E-state index in [1.165, 1.54) is 12.1 Å². The Labute approximate surface area is 129 Å². The SMILES string of the molecule is O=C(O)COc1ccc(-c2nc3ccc(F)cc3c(=O)[nH]2)cc1. The molecule has 0 bridgehead atoms. The molecule has 0 amide bonds. The third kappa shape index (κ3) is 3.18. The van der Waals surface area contributed by atoms with E-state index in [1.807, 2.05) is 0 Å². The van der Waals surface area contributed by atoms with Gasteiger partial charge in [0.2, 0.25) is 0 Å². The first-order valence-electron chi connectivity index (χ1n) is 6.67. The zero-order chi connectivity index (χ0) is 16.4. The summed E-state index contributed by atoms with van der Waals surface area (Å²) < 4.78 is 18.2. The maximum Gasteiger partial charge on any atom is 0.341 e. The van der Waals surface area contributed by atoms with E-state index in [-0.39, 0.29) is 5.39 Å². The van der Waals surface area contributed by atoms with Crippen molar-refractivity contribution in [1.82, 2.24) is 9.97 Å². The van der Waals surface area contributed by atoms with Gasteiger partial charge in [-0.1, -0.05) is 0 Å². The number of carboxylic acid groups (broad SMARTS) is 1. The summed E-state index contributed by atoms with van der Waals surface area (Å²) in [6.07, 6.45) is 0. The summed E-state index contributed by atoms with van der Waals surface area (Å²) in [6, 6.07) is 10.2. The first-order valence-corrected chi connectivity index (χ1v) is 6.67. The maximum absolute atomic E-state index is 13.2. The number of hydrogen-bond donors (Lipinski definition) is 2. The predicted octanol–water partition coefficient (Wildman–Crippen LogP) is 2.19. The molecule has 0 saturated heterocycles. The highest BCUT2D eigenvalue weighted by atomic mass is 19.1. The van der Waals surface area contributed by atoms with Crippen LogP contribution in [0.1, 0.15) is 0 Å². The van der Waals surface area contributed by atoms with Crippen LogP contribution in [0, 0.1) is 5.82 Å². The standard InChI is InChI=1S/C16H11FN2O4/c17-10-3-6-13-12(7-10)16(22)19-15(18-13)9-1-4-11(5-2-9)23-8-14(20)21/h1-7H,8H2,(H,20,21)(H,18,19,22). The normalized spacial score (nSPS) is 10.7. The topological polar surface area (TPSA) is 92.3 Å². The van der Waals surface area contributed by atoms with Crippen LogP contribution in [-0.4, -0.2) is 27.7 Å². The van der Waals surface area contributed by atoms with Crippen molar-refractivity contribution >= 4 is 16.9 Å². The van der Waals surface area contributed by atoms with Crippen molar-refractivity contribution in [2.24, 2.45) is 0 Å². The Kier molecular flexibility index (Phi) is 3.76. The fraction of sp³-hybridized carbons (Fsp3) is 0.0625. The molecule has 6 nitrogen and oxygen atoms in total. The van der Waals surface area contributed by atoms with E-state index in [0.717, 1.165) is 6.07 Å². The minimum atomic E-state index is -1.07. The summed E-state index contributed by atoms with van der Waals surface area (Å²) >= 11 is 0. The third-order valence-electron chi connectivity index (χ3n) is 3.16. The number of hydrogen-bond acceptors (Lipinski definition) is 4. The molecule has 0 aliphatic rings. The number of aliphatic carboxylic acids is 1. The lowest BCUT2D eigenvalue weighted by atomic mass is 10.2. The largest absolute Gasteiger partial charge is 0.482 e. The molecule has 0 fully saturated rings. The molecule has 3 rings (SSSR count). The highest BCUT2D eigenvalue weighted by molar-refractivity contribution is 5.79. The third-order valence-corrected chi connectivity index (χ3v) is 3.16. The molecular formula is C16H11FN2O4. The van der Waals surface area contributed by atoms with Crippen LogP contribution in [0.5, 0.6) is 5.75 Å². The summed E-state index contributed by atoms with van der Waals surface area (Å²) in [5.74, 6) is -0.848. The number of nitrogens with zero attached hydrogens (tertiary/aromatic N) is 1. The number of nitrogens with one attached hydrogen (secondary N) is 1. The molecule has 1 heterocycles. The van der Waals surface area contributed by atoms with E-state index in [1.54, 1.807) is 24.3 Å². The average molecular weight is 314 g/mol. The van der Waals surface area contributed by atoms with Gasteiger partial charge >= 0.3 is 5.97 Å². The smallest absolute Gasteiger partial charge is 0.341 e. The molecule has 1 aromatic heterocycles. The van der Waals surface area contributed by atoms with Gasteiger partial charge in [-0.2, -0.15) is 0 Å². The van der Waals surface area contributed by atoms with Crippen LogP contribution in [-0.2, 0) is 4.79 Å². The Morgan fingerprint density at radius 2 is 1.96 bits per heavy atom. The molecule has 0 spiro atoms. The molecule has 0 saturated carbocycles. The van der Waals surface area contributed by atoms with E-state index >= 15 is 0 Å². The van der Waals surface area contributed by atoms with Crippen molar-refractivity contribution in [2.75, 3.05) is 6.61 Å². The number of carbonyl (C=O) groups is 1. The fourth-order valence-corrected chi connectivity index (χ4v) is 2.10. The van der Waals surface area contributed by atoms with Gasteiger partial charge in [-0.15, -0.1) is 0 Å². The summed E-state index contributed by atoms with van der Waals surface area (Å²) in [6.45, 7) is -0.435. The van der Waals surface area contributed by atoms with Crippen LogP contribution in [0.2, 0.25) is 0 Å². The minimum absolute atomic E-state index is 0.176. The number of H-pyrrole nitrogens is 1. The summed E-state index contributed by atoms with van der Waals surface area (Å²) in [4.78, 5) is 29.4. The Bertz CT molecular complexity index is 935. The number of rotatable bonds is 4. The fourth-order valence-electron chi connectivity index (χ4n) is 2.10. The van der Waals surface area contributed by atoms with Crippen molar-refractivity contribution in [3.8, 4) is 17.1 Å². The Morgan fingerprint density at radius 1 is 1.22 bits per heavy atom. The monoisotopic (exact) mass is 314 g/mol. The van der Waals surface area contributed by atoms with Gasteiger partial charge in [0, 0.05) is 5.56 Å². The second kappa shape index (κ2) is 5.88. The maximum atomic E-state index is 13.2. The zero-order valence-electron chi connectivity index (χ0n) is 11.7. The van der Waals surface area contributed by atoms with Gasteiger partial charge in [0.15, 0.2) is 6.61 Å². The van der Waals surface area contributed by atoms with Gasteiger partial charge in [0.05, 0.1) is 10.9 Å². The summed E-state index contributed by atoms with van der Waals surface area (Å²) in [5, 5.41) is 8.73. The minimum Gasteiger partial charge on any atom is -0.482 e. The van der Waals surface area contributed by atoms with Gasteiger partial charge in [0.25, 0.3) is 5.56 Å². The second-order valence-electron chi connectivity index (χ2n) is 4.78. The molecule has 0 aliphatic heterocycles. The van der Waals surface area contributed by atoms with E-state index < -0.39 is 24.0 Å². The van der Waals surface area contributed by atoms with Crippen molar-refractivity contribution in [1.29, 1.82) is 0 Å². The molecule has 23 heavy (non-hydrogen) atoms. The molecule has 0 aliphatic carbocycles. The highest BCUT2D eigenvalue weighted by Crippen LogP contribution is 2.20. The quantitative estimate of drug-likeness (QED) is 0.770. The van der Waals surface area contributed by atoms with Gasteiger partial charge in [-0.25, -0.2) is 14.2 Å². The lowest BCUT2D eigenvalue weighted by Crippen LogP contribution is -2.10. The number of fused-ring (bicyclic) bond motifs is 1. The molecule has 7 heteroatoms. The number of benzene rings is 2. The molecule has 0 atom stereocenters. The van der Waals surface area contributed by atoms with Crippen LogP contribution < -0.4 is 10.3 Å². The van der Waals surface area contributed by atoms with Crippen molar-refractivity contribution in [3.63, 3.8) is 0 Å². The van der Waals surface area contributed by atoms with Gasteiger partial charge in [-0.05, 0) is 42.5 Å². The lowest BCUT2D eigenvalue weighted by molar-refractivity contribution is -0.139. The van der Waals surface area contributed by atoms with Crippen LogP contribution in [0.15, 0.2) is 47.3 Å². The number of carboxylic acids is 1. The van der Waals surface area contributed by atoms with Crippen molar-refractivity contribution in [2.45, 2.75) is 0 Å². The predicted molar refractivity (Wildman–Crippen MR) is 80.9 cm³/mol. The molecule has 0 unspecified atom stereocenters. The van der Waals surface area contributed by atoms with Crippen LogP contribution in [0.3, 0.4) is 0 Å². The number of ether oxygens (including phenoxy) is 1. The van der Waals surface area contributed by atoms with Gasteiger partial charge in [0.1, 0.15) is 17.4 Å². The summed E-state index contributed by atoms with van der Waals surface area (Å²) in [7, 11) is 0. The highest BCUT2D eigenvalue weighted by Gasteiger charge is 2.07. The van der Waals surface area contributed by atoms with Crippen molar-refractivity contribution < 1.29 is 19.0 Å². The van der Waals surface area contributed by atoms with E-state index in [9.17, 15) is 14.0 Å². The molecule has 0 radical (unpaired) electrons. The van der Waals surface area contributed by atoms with E-state index in [4.69, 9.17) is 9.84 Å². The van der Waals surface area contributed by atoms with Crippen LogP contribution in [0.4, 0.5) is 4.39 Å². The van der Waals surface area contributed by atoms with Crippen LogP contribution in [0.25, 0.3) is 22.3 Å². The van der Waals surface area contributed by atoms with E-state index in [2.05, 4.69) is 9.97 Å². The molecule has 116 valence electrons. The molecule has 3 aromatic rings. The molecule has 2 N–H and O–H groups in total. The summed E-state index contributed by atoms with van der Waals surface area (Å²) in [5.41, 5.74) is 0.572. The van der Waals surface area contributed by atoms with Crippen molar-refractivity contribution in [3.05, 3.63) is 58.6 Å². The first-order chi connectivity index (χ1) is 11.0. The van der Waals surface area contributed by atoms with E-state index in [0.29, 0.717) is 22.7 Å². The van der Waals surface area contributed by atoms with Gasteiger partial charge < -0.3 is 14.8 Å². The average Bonchev–Trinajstić information content (AvgIpc) is 2.54. The Morgan fingerprint density at radius 3 is 2.65 bits per heavy atom. The number of aromatic nitrogens is 2. The number of aromatic amines is 1. The zero-order valence-corrected chi connectivity index (χ0v) is 11.7. The second-order valence-corrected chi connectivity index (χ2v) is 4.78. The molecular weight excluding hydrogens is 303 g/mol. The van der Waals surface area contributed by atoms with Crippen LogP contribution >= 0.6 is 0 Å². The van der Waals surface area contributed by atoms with Gasteiger partial charge in [-0.3, -0.25) is 4.79 Å². The Balaban J connectivity index is 1.95. The lowest BCUT2D eigenvalue weighted by Gasteiger charge is -2.06. The first kappa shape index (κ1) is 14.7. The Hall–Kier alpha value is -3.22. The molecule has 2 aromatic carbocycles. The number of halogens is 1.